The molecule has 1 spiro atoms. The molecule has 0 bridgehead atoms. The van der Waals surface area contributed by atoms with Crippen LogP contribution in [0.25, 0.3) is 0 Å². The molecule has 2 aliphatic rings. The SMILES string of the molecule is CCS(=O)(=O)N1CC[C@]2(CCCN(Cc3cc(OC)ccc3F)C2)C1. The van der Waals surface area contributed by atoms with Gasteiger partial charge in [0, 0.05) is 31.7 Å². The van der Waals surface area contributed by atoms with Gasteiger partial charge in [-0.15, -0.1) is 0 Å². The second-order valence-electron chi connectivity index (χ2n) is 7.26. The van der Waals surface area contributed by atoms with E-state index < -0.39 is 10.0 Å². The summed E-state index contributed by atoms with van der Waals surface area (Å²) in [6.45, 7) is 5.17. The van der Waals surface area contributed by atoms with Gasteiger partial charge in [0.2, 0.25) is 10.0 Å². The Balaban J connectivity index is 1.70. The number of ether oxygens (including phenoxy) is 1. The molecule has 2 aliphatic heterocycles. The summed E-state index contributed by atoms with van der Waals surface area (Å²) < 4.78 is 45.3. The molecule has 25 heavy (non-hydrogen) atoms. The lowest BCUT2D eigenvalue weighted by Crippen LogP contribution is -2.45. The first kappa shape index (κ1) is 18.6. The van der Waals surface area contributed by atoms with Crippen LogP contribution >= 0.6 is 0 Å². The number of piperidine rings is 1. The van der Waals surface area contributed by atoms with Gasteiger partial charge in [0.15, 0.2) is 0 Å². The molecule has 0 aromatic heterocycles. The Morgan fingerprint density at radius 2 is 2.04 bits per heavy atom. The van der Waals surface area contributed by atoms with Gasteiger partial charge in [-0.3, -0.25) is 4.90 Å². The lowest BCUT2D eigenvalue weighted by molar-refractivity contribution is 0.0925. The minimum atomic E-state index is -3.13. The average molecular weight is 370 g/mol. The van der Waals surface area contributed by atoms with E-state index in [4.69, 9.17) is 4.74 Å². The highest BCUT2D eigenvalue weighted by Crippen LogP contribution is 2.40. The number of methoxy groups -OCH3 is 1. The number of benzene rings is 1. The fourth-order valence-corrected chi connectivity index (χ4v) is 5.34. The first-order valence-corrected chi connectivity index (χ1v) is 10.5. The van der Waals surface area contributed by atoms with Crippen LogP contribution in [0.3, 0.4) is 0 Å². The molecule has 0 N–H and O–H groups in total. The van der Waals surface area contributed by atoms with Gasteiger partial charge in [0.05, 0.1) is 12.9 Å². The molecule has 0 aliphatic carbocycles. The summed E-state index contributed by atoms with van der Waals surface area (Å²) in [7, 11) is -1.55. The third kappa shape index (κ3) is 3.99. The largest absolute Gasteiger partial charge is 0.497 e. The van der Waals surface area contributed by atoms with Crippen LogP contribution in [0.2, 0.25) is 0 Å². The summed E-state index contributed by atoms with van der Waals surface area (Å²) in [5.41, 5.74) is 0.642. The Labute approximate surface area is 149 Å². The number of halogens is 1. The first-order chi connectivity index (χ1) is 11.9. The number of hydrogen-bond acceptors (Lipinski definition) is 4. The lowest BCUT2D eigenvalue weighted by Gasteiger charge is -2.40. The van der Waals surface area contributed by atoms with E-state index in [-0.39, 0.29) is 17.0 Å². The Hall–Kier alpha value is -1.18. The molecule has 1 aromatic carbocycles. The molecule has 5 nitrogen and oxygen atoms in total. The standard InChI is InChI=1S/C18H27FN2O3S/c1-3-25(22,23)21-10-8-18(14-21)7-4-9-20(13-18)12-15-11-16(24-2)5-6-17(15)19/h5-6,11H,3-4,7-10,12-14H2,1-2H3/t18-/m0/s1. The molecule has 1 atom stereocenters. The van der Waals surface area contributed by atoms with E-state index in [1.165, 1.54) is 6.07 Å². The highest BCUT2D eigenvalue weighted by molar-refractivity contribution is 7.89. The summed E-state index contributed by atoms with van der Waals surface area (Å²) in [6.07, 6.45) is 2.95. The van der Waals surface area contributed by atoms with Crippen molar-refractivity contribution >= 4 is 10.0 Å². The summed E-state index contributed by atoms with van der Waals surface area (Å²) >= 11 is 0. The Morgan fingerprint density at radius 1 is 1.24 bits per heavy atom. The van der Waals surface area contributed by atoms with E-state index >= 15 is 0 Å². The number of rotatable bonds is 5. The molecule has 2 fully saturated rings. The zero-order valence-corrected chi connectivity index (χ0v) is 15.8. The van der Waals surface area contributed by atoms with Crippen molar-refractivity contribution in [1.82, 2.24) is 9.21 Å². The van der Waals surface area contributed by atoms with Crippen molar-refractivity contribution in [1.29, 1.82) is 0 Å². The number of sulfonamides is 1. The molecule has 2 saturated heterocycles. The fraction of sp³-hybridized carbons (Fsp3) is 0.667. The lowest BCUT2D eigenvalue weighted by atomic mass is 9.79. The maximum atomic E-state index is 14.1. The predicted molar refractivity (Wildman–Crippen MR) is 95.5 cm³/mol. The van der Waals surface area contributed by atoms with Crippen LogP contribution in [0.15, 0.2) is 18.2 Å². The monoisotopic (exact) mass is 370 g/mol. The molecular weight excluding hydrogens is 343 g/mol. The third-order valence-electron chi connectivity index (χ3n) is 5.55. The van der Waals surface area contributed by atoms with Crippen molar-refractivity contribution in [2.45, 2.75) is 32.7 Å². The second kappa shape index (κ2) is 7.21. The fourth-order valence-electron chi connectivity index (χ4n) is 4.13. The number of likely N-dealkylation sites (tertiary alicyclic amines) is 1. The number of hydrogen-bond donors (Lipinski definition) is 0. The second-order valence-corrected chi connectivity index (χ2v) is 9.51. The molecule has 140 valence electrons. The maximum absolute atomic E-state index is 14.1. The highest BCUT2D eigenvalue weighted by atomic mass is 32.2. The molecule has 3 rings (SSSR count). The van der Waals surface area contributed by atoms with E-state index in [9.17, 15) is 12.8 Å². The zero-order valence-electron chi connectivity index (χ0n) is 15.0. The zero-order chi connectivity index (χ0) is 18.1. The summed E-state index contributed by atoms with van der Waals surface area (Å²) in [4.78, 5) is 2.25. The van der Waals surface area contributed by atoms with E-state index in [0.717, 1.165) is 32.4 Å². The van der Waals surface area contributed by atoms with E-state index in [1.807, 2.05) is 0 Å². The molecule has 0 radical (unpaired) electrons. The molecular formula is C18H27FN2O3S. The van der Waals surface area contributed by atoms with Crippen molar-refractivity contribution in [3.05, 3.63) is 29.6 Å². The van der Waals surface area contributed by atoms with Crippen LogP contribution in [-0.4, -0.2) is 56.7 Å². The third-order valence-corrected chi connectivity index (χ3v) is 7.38. The van der Waals surface area contributed by atoms with Crippen molar-refractivity contribution in [3.63, 3.8) is 0 Å². The molecule has 0 amide bonds. The van der Waals surface area contributed by atoms with Crippen molar-refractivity contribution < 1.29 is 17.5 Å². The van der Waals surface area contributed by atoms with Gasteiger partial charge in [-0.25, -0.2) is 17.1 Å². The van der Waals surface area contributed by atoms with E-state index in [1.54, 1.807) is 30.5 Å². The van der Waals surface area contributed by atoms with Crippen LogP contribution in [0.1, 0.15) is 31.7 Å². The first-order valence-electron chi connectivity index (χ1n) is 8.90. The Kier molecular flexibility index (Phi) is 5.37. The van der Waals surface area contributed by atoms with Gasteiger partial charge in [-0.05, 0) is 56.3 Å². The highest BCUT2D eigenvalue weighted by Gasteiger charge is 2.44. The quantitative estimate of drug-likeness (QED) is 0.799. The van der Waals surface area contributed by atoms with Gasteiger partial charge in [0.25, 0.3) is 0 Å². The van der Waals surface area contributed by atoms with Crippen molar-refractivity contribution in [2.24, 2.45) is 5.41 Å². The van der Waals surface area contributed by atoms with Crippen LogP contribution < -0.4 is 4.74 Å². The predicted octanol–water partition coefficient (Wildman–Crippen LogP) is 2.47. The van der Waals surface area contributed by atoms with Gasteiger partial charge in [-0.2, -0.15) is 0 Å². The Morgan fingerprint density at radius 3 is 2.76 bits per heavy atom. The number of nitrogens with zero attached hydrogens (tertiary/aromatic N) is 2. The maximum Gasteiger partial charge on any atom is 0.213 e. The van der Waals surface area contributed by atoms with Crippen LogP contribution in [-0.2, 0) is 16.6 Å². The average Bonchev–Trinajstić information content (AvgIpc) is 3.01. The normalized spacial score (nSPS) is 25.6. The molecule has 2 heterocycles. The molecule has 0 saturated carbocycles. The summed E-state index contributed by atoms with van der Waals surface area (Å²) in [6, 6.07) is 4.82. The van der Waals surface area contributed by atoms with Gasteiger partial charge >= 0.3 is 0 Å². The molecule has 7 heteroatoms. The van der Waals surface area contributed by atoms with Crippen LogP contribution in [0.5, 0.6) is 5.75 Å². The van der Waals surface area contributed by atoms with Crippen LogP contribution in [0, 0.1) is 11.2 Å². The van der Waals surface area contributed by atoms with Gasteiger partial charge < -0.3 is 4.74 Å². The smallest absolute Gasteiger partial charge is 0.213 e. The van der Waals surface area contributed by atoms with Crippen molar-refractivity contribution in [3.8, 4) is 5.75 Å². The minimum absolute atomic E-state index is 0.00975. The molecule has 0 unspecified atom stereocenters. The topological polar surface area (TPSA) is 49.9 Å². The van der Waals surface area contributed by atoms with Gasteiger partial charge in [0.1, 0.15) is 11.6 Å². The van der Waals surface area contributed by atoms with Gasteiger partial charge in [-0.1, -0.05) is 0 Å². The van der Waals surface area contributed by atoms with Crippen molar-refractivity contribution in [2.75, 3.05) is 39.0 Å². The Bertz CT molecular complexity index is 725. The van der Waals surface area contributed by atoms with Crippen LogP contribution in [0.4, 0.5) is 4.39 Å². The molecule has 1 aromatic rings. The van der Waals surface area contributed by atoms with E-state index in [2.05, 4.69) is 4.90 Å². The summed E-state index contributed by atoms with van der Waals surface area (Å²) in [5.74, 6) is 0.591. The minimum Gasteiger partial charge on any atom is -0.497 e. The summed E-state index contributed by atoms with van der Waals surface area (Å²) in [5, 5.41) is 0. The van der Waals surface area contributed by atoms with E-state index in [0.29, 0.717) is 30.9 Å².